The van der Waals surface area contributed by atoms with E-state index in [1.807, 2.05) is 7.11 Å². The molecule has 1 fully saturated rings. The molecule has 108 valence electrons. The summed E-state index contributed by atoms with van der Waals surface area (Å²) in [5, 5.41) is 3.86. The first-order chi connectivity index (χ1) is 8.70. The minimum atomic E-state index is 0.558. The standard InChI is InChI=1S/C16H33NO/c1-5-12-17-15(14(3)9-13-18-4)16(6-2)10-7-8-11-16/h14-15,17H,5-13H2,1-4H3. The molecule has 0 amide bonds. The monoisotopic (exact) mass is 255 g/mol. The van der Waals surface area contributed by atoms with Crippen molar-refractivity contribution in [3.8, 4) is 0 Å². The summed E-state index contributed by atoms with van der Waals surface area (Å²) >= 11 is 0. The average molecular weight is 255 g/mol. The second-order valence-electron chi connectivity index (χ2n) is 6.11. The Kier molecular flexibility index (Phi) is 7.25. The Morgan fingerprint density at radius 1 is 1.22 bits per heavy atom. The number of ether oxygens (including phenoxy) is 1. The van der Waals surface area contributed by atoms with Crippen LogP contribution in [0.3, 0.4) is 0 Å². The van der Waals surface area contributed by atoms with Gasteiger partial charge in [0.15, 0.2) is 0 Å². The first kappa shape index (κ1) is 16.0. The molecule has 0 spiro atoms. The smallest absolute Gasteiger partial charge is 0.0465 e. The van der Waals surface area contributed by atoms with E-state index in [1.165, 1.54) is 44.9 Å². The van der Waals surface area contributed by atoms with Crippen LogP contribution in [0.5, 0.6) is 0 Å². The summed E-state index contributed by atoms with van der Waals surface area (Å²) in [6.07, 6.45) is 9.42. The van der Waals surface area contributed by atoms with E-state index in [-0.39, 0.29) is 0 Å². The van der Waals surface area contributed by atoms with Gasteiger partial charge in [-0.1, -0.05) is 33.6 Å². The van der Waals surface area contributed by atoms with Crippen LogP contribution >= 0.6 is 0 Å². The van der Waals surface area contributed by atoms with E-state index in [2.05, 4.69) is 26.1 Å². The summed E-state index contributed by atoms with van der Waals surface area (Å²) < 4.78 is 5.27. The van der Waals surface area contributed by atoms with Gasteiger partial charge in [0.05, 0.1) is 0 Å². The van der Waals surface area contributed by atoms with Crippen molar-refractivity contribution in [1.29, 1.82) is 0 Å². The molecule has 0 radical (unpaired) electrons. The number of rotatable bonds is 9. The molecule has 0 bridgehead atoms. The fourth-order valence-electron chi connectivity index (χ4n) is 3.76. The van der Waals surface area contributed by atoms with Gasteiger partial charge in [-0.25, -0.2) is 0 Å². The minimum absolute atomic E-state index is 0.558. The van der Waals surface area contributed by atoms with Gasteiger partial charge in [0.25, 0.3) is 0 Å². The Balaban J connectivity index is 2.68. The highest BCUT2D eigenvalue weighted by molar-refractivity contribution is 4.96. The van der Waals surface area contributed by atoms with Crippen molar-refractivity contribution >= 4 is 0 Å². The fraction of sp³-hybridized carbons (Fsp3) is 1.00. The minimum Gasteiger partial charge on any atom is -0.385 e. The Labute approximate surface area is 114 Å². The van der Waals surface area contributed by atoms with Crippen LogP contribution in [0.2, 0.25) is 0 Å². The molecule has 1 aliphatic carbocycles. The van der Waals surface area contributed by atoms with Crippen LogP contribution in [-0.4, -0.2) is 26.3 Å². The van der Waals surface area contributed by atoms with E-state index < -0.39 is 0 Å². The van der Waals surface area contributed by atoms with E-state index in [4.69, 9.17) is 4.74 Å². The molecule has 18 heavy (non-hydrogen) atoms. The normalized spacial score (nSPS) is 22.0. The molecule has 0 aromatic heterocycles. The zero-order valence-electron chi connectivity index (χ0n) is 12.9. The van der Waals surface area contributed by atoms with Crippen LogP contribution in [0.15, 0.2) is 0 Å². The van der Waals surface area contributed by atoms with Crippen LogP contribution in [0, 0.1) is 11.3 Å². The number of hydrogen-bond donors (Lipinski definition) is 1. The maximum atomic E-state index is 5.27. The lowest BCUT2D eigenvalue weighted by Crippen LogP contribution is -2.48. The van der Waals surface area contributed by atoms with Crippen LogP contribution in [0.4, 0.5) is 0 Å². The Morgan fingerprint density at radius 2 is 1.89 bits per heavy atom. The van der Waals surface area contributed by atoms with E-state index in [0.717, 1.165) is 19.1 Å². The van der Waals surface area contributed by atoms with E-state index in [9.17, 15) is 0 Å². The van der Waals surface area contributed by atoms with Crippen molar-refractivity contribution < 1.29 is 4.74 Å². The van der Waals surface area contributed by atoms with Crippen LogP contribution < -0.4 is 5.32 Å². The lowest BCUT2D eigenvalue weighted by molar-refractivity contribution is 0.108. The second kappa shape index (κ2) is 8.16. The topological polar surface area (TPSA) is 21.3 Å². The number of nitrogens with one attached hydrogen (secondary N) is 1. The van der Waals surface area contributed by atoms with Crippen molar-refractivity contribution in [2.45, 2.75) is 71.8 Å². The Morgan fingerprint density at radius 3 is 2.39 bits per heavy atom. The second-order valence-corrected chi connectivity index (χ2v) is 6.11. The van der Waals surface area contributed by atoms with Crippen LogP contribution in [-0.2, 0) is 4.74 Å². The lowest BCUT2D eigenvalue weighted by Gasteiger charge is -2.41. The highest BCUT2D eigenvalue weighted by Gasteiger charge is 2.41. The summed E-state index contributed by atoms with van der Waals surface area (Å²) in [6, 6.07) is 0.681. The molecule has 2 nitrogen and oxygen atoms in total. The summed E-state index contributed by atoms with van der Waals surface area (Å²) in [5.41, 5.74) is 0.558. The molecule has 1 saturated carbocycles. The van der Waals surface area contributed by atoms with E-state index in [0.29, 0.717) is 11.5 Å². The summed E-state index contributed by atoms with van der Waals surface area (Å²) in [4.78, 5) is 0. The lowest BCUT2D eigenvalue weighted by atomic mass is 9.71. The fourth-order valence-corrected chi connectivity index (χ4v) is 3.76. The molecule has 1 N–H and O–H groups in total. The van der Waals surface area contributed by atoms with Gasteiger partial charge in [-0.2, -0.15) is 0 Å². The van der Waals surface area contributed by atoms with Gasteiger partial charge >= 0.3 is 0 Å². The van der Waals surface area contributed by atoms with Gasteiger partial charge in [-0.3, -0.25) is 0 Å². The van der Waals surface area contributed by atoms with Gasteiger partial charge < -0.3 is 10.1 Å². The molecule has 2 unspecified atom stereocenters. The quantitative estimate of drug-likeness (QED) is 0.672. The highest BCUT2D eigenvalue weighted by Crippen LogP contribution is 2.46. The van der Waals surface area contributed by atoms with E-state index >= 15 is 0 Å². The number of methoxy groups -OCH3 is 1. The Bertz CT molecular complexity index is 211. The van der Waals surface area contributed by atoms with Crippen molar-refractivity contribution in [2.75, 3.05) is 20.3 Å². The van der Waals surface area contributed by atoms with Gasteiger partial charge in [0, 0.05) is 19.8 Å². The molecular weight excluding hydrogens is 222 g/mol. The third kappa shape index (κ3) is 3.96. The summed E-state index contributed by atoms with van der Waals surface area (Å²) in [5.74, 6) is 0.717. The molecule has 1 rings (SSSR count). The highest BCUT2D eigenvalue weighted by atomic mass is 16.5. The molecule has 0 aromatic rings. The van der Waals surface area contributed by atoms with Gasteiger partial charge in [0.2, 0.25) is 0 Å². The Hall–Kier alpha value is -0.0800. The predicted molar refractivity (Wildman–Crippen MR) is 78.9 cm³/mol. The maximum Gasteiger partial charge on any atom is 0.0465 e. The van der Waals surface area contributed by atoms with Crippen molar-refractivity contribution in [3.05, 3.63) is 0 Å². The molecule has 0 aliphatic heterocycles. The third-order valence-electron chi connectivity index (χ3n) is 4.92. The molecule has 2 heteroatoms. The van der Waals surface area contributed by atoms with Crippen LogP contribution in [0.1, 0.15) is 65.7 Å². The molecule has 0 heterocycles. The first-order valence-corrected chi connectivity index (χ1v) is 7.92. The maximum absolute atomic E-state index is 5.27. The molecule has 2 atom stereocenters. The zero-order valence-corrected chi connectivity index (χ0v) is 12.9. The molecule has 1 aliphatic rings. The molecular formula is C16H33NO. The van der Waals surface area contributed by atoms with Crippen molar-refractivity contribution in [3.63, 3.8) is 0 Å². The SMILES string of the molecule is CCCNC(C(C)CCOC)C1(CC)CCCC1. The van der Waals surface area contributed by atoms with Gasteiger partial charge in [-0.15, -0.1) is 0 Å². The number of hydrogen-bond acceptors (Lipinski definition) is 2. The van der Waals surface area contributed by atoms with Crippen molar-refractivity contribution in [2.24, 2.45) is 11.3 Å². The molecule has 0 saturated heterocycles. The zero-order chi connectivity index (χ0) is 13.4. The van der Waals surface area contributed by atoms with Gasteiger partial charge in [-0.05, 0) is 50.0 Å². The summed E-state index contributed by atoms with van der Waals surface area (Å²) in [7, 11) is 1.81. The first-order valence-electron chi connectivity index (χ1n) is 7.92. The molecule has 0 aromatic carbocycles. The predicted octanol–water partition coefficient (Wildman–Crippen LogP) is 4.00. The van der Waals surface area contributed by atoms with E-state index in [1.54, 1.807) is 0 Å². The van der Waals surface area contributed by atoms with Crippen LogP contribution in [0.25, 0.3) is 0 Å². The average Bonchev–Trinajstić information content (AvgIpc) is 2.86. The summed E-state index contributed by atoms with van der Waals surface area (Å²) in [6.45, 7) is 9.10. The largest absolute Gasteiger partial charge is 0.385 e. The van der Waals surface area contributed by atoms with Crippen molar-refractivity contribution in [1.82, 2.24) is 5.32 Å². The van der Waals surface area contributed by atoms with Gasteiger partial charge in [0.1, 0.15) is 0 Å². The third-order valence-corrected chi connectivity index (χ3v) is 4.92.